The minimum atomic E-state index is -0.378. The van der Waals surface area contributed by atoms with Crippen LogP contribution in [0.25, 0.3) is 16.7 Å². The van der Waals surface area contributed by atoms with E-state index in [1.165, 1.54) is 4.57 Å². The molecule has 0 unspecified atom stereocenters. The first-order chi connectivity index (χ1) is 12.6. The van der Waals surface area contributed by atoms with E-state index in [9.17, 15) is 4.79 Å². The molecule has 2 aromatic heterocycles. The van der Waals surface area contributed by atoms with Gasteiger partial charge in [0.2, 0.25) is 11.9 Å². The zero-order valence-electron chi connectivity index (χ0n) is 13.6. The Morgan fingerprint density at radius 2 is 1.50 bits per heavy atom. The molecule has 0 atom stereocenters. The number of nitrogens with zero attached hydrogens (tertiary/aromatic N) is 4. The Balaban J connectivity index is 2.03. The van der Waals surface area contributed by atoms with Crippen LogP contribution in [0.4, 0.5) is 23.4 Å². The largest absolute Gasteiger partial charge is 0.383 e. The van der Waals surface area contributed by atoms with Crippen molar-refractivity contribution in [2.75, 3.05) is 16.8 Å². The van der Waals surface area contributed by atoms with E-state index in [2.05, 4.69) is 20.3 Å². The van der Waals surface area contributed by atoms with Crippen LogP contribution in [0.3, 0.4) is 0 Å². The van der Waals surface area contributed by atoms with Crippen LogP contribution in [0.15, 0.2) is 65.5 Å². The van der Waals surface area contributed by atoms with Gasteiger partial charge in [0, 0.05) is 5.69 Å². The lowest BCUT2D eigenvalue weighted by Gasteiger charge is -2.15. The highest BCUT2D eigenvalue weighted by atomic mass is 16.1. The number of nitrogens with one attached hydrogen (secondary N) is 1. The number of para-hydroxylation sites is 2. The van der Waals surface area contributed by atoms with Gasteiger partial charge < -0.3 is 16.8 Å². The average Bonchev–Trinajstić information content (AvgIpc) is 2.62. The lowest BCUT2D eigenvalue weighted by atomic mass is 10.3. The summed E-state index contributed by atoms with van der Waals surface area (Å²) in [6.45, 7) is 0. The van der Waals surface area contributed by atoms with Gasteiger partial charge >= 0.3 is 0 Å². The highest BCUT2D eigenvalue weighted by Crippen LogP contribution is 2.21. The highest BCUT2D eigenvalue weighted by Gasteiger charge is 2.17. The van der Waals surface area contributed by atoms with Gasteiger partial charge in [-0.1, -0.05) is 36.4 Å². The summed E-state index contributed by atoms with van der Waals surface area (Å²) in [6, 6.07) is 18.5. The lowest BCUT2D eigenvalue weighted by molar-refractivity contribution is 0.965. The van der Waals surface area contributed by atoms with Crippen molar-refractivity contribution in [3.8, 4) is 5.69 Å². The third-order valence-electron chi connectivity index (χ3n) is 3.82. The molecule has 8 heteroatoms. The molecule has 0 saturated carbocycles. The molecule has 26 heavy (non-hydrogen) atoms. The minimum Gasteiger partial charge on any atom is -0.383 e. The molecule has 0 bridgehead atoms. The molecule has 8 nitrogen and oxygen atoms in total. The first-order valence-corrected chi connectivity index (χ1v) is 7.87. The molecule has 2 heterocycles. The van der Waals surface area contributed by atoms with Gasteiger partial charge in [-0.25, -0.2) is 4.57 Å². The number of rotatable bonds is 3. The molecular formula is C18H15N7O. The van der Waals surface area contributed by atoms with Crippen molar-refractivity contribution in [3.05, 3.63) is 71.0 Å². The van der Waals surface area contributed by atoms with E-state index < -0.39 is 0 Å². The fraction of sp³-hybridized carbons (Fsp3) is 0. The molecule has 0 aliphatic carbocycles. The van der Waals surface area contributed by atoms with Crippen molar-refractivity contribution >= 4 is 34.4 Å². The Bertz CT molecular complexity index is 1140. The van der Waals surface area contributed by atoms with Crippen LogP contribution in [0, 0.1) is 0 Å². The molecule has 0 aliphatic rings. The highest BCUT2D eigenvalue weighted by molar-refractivity contribution is 5.86. The van der Waals surface area contributed by atoms with Crippen LogP contribution in [0.1, 0.15) is 0 Å². The second kappa shape index (κ2) is 6.17. The number of hydrogen-bond acceptors (Lipinski definition) is 7. The lowest BCUT2D eigenvalue weighted by Crippen LogP contribution is -2.24. The quantitative estimate of drug-likeness (QED) is 0.519. The standard InChI is InChI=1S/C18H15N7O/c19-14-13-15(23-17(20)22-14)24-18(21-11-7-3-1-4-8-11)25(16(13)26)12-9-5-2-6-10-12/h1-10H,(H5,19,20,21,22,23,24). The molecule has 5 N–H and O–H groups in total. The molecule has 4 rings (SSSR count). The summed E-state index contributed by atoms with van der Waals surface area (Å²) in [5.74, 6) is 0.267. The molecule has 0 spiro atoms. The summed E-state index contributed by atoms with van der Waals surface area (Å²) in [5, 5.41) is 3.28. The first kappa shape index (κ1) is 15.6. The Labute approximate surface area is 148 Å². The van der Waals surface area contributed by atoms with Crippen molar-refractivity contribution in [2.45, 2.75) is 0 Å². The Hall–Kier alpha value is -3.94. The van der Waals surface area contributed by atoms with E-state index in [0.29, 0.717) is 11.6 Å². The number of anilines is 4. The van der Waals surface area contributed by atoms with Gasteiger partial charge in [0.15, 0.2) is 5.65 Å². The van der Waals surface area contributed by atoms with Crippen molar-refractivity contribution in [2.24, 2.45) is 0 Å². The zero-order valence-corrected chi connectivity index (χ0v) is 13.6. The maximum Gasteiger partial charge on any atom is 0.272 e. The summed E-state index contributed by atoms with van der Waals surface area (Å²) in [4.78, 5) is 25.6. The summed E-state index contributed by atoms with van der Waals surface area (Å²) in [6.07, 6.45) is 0. The summed E-state index contributed by atoms with van der Waals surface area (Å²) in [7, 11) is 0. The SMILES string of the molecule is Nc1nc(N)c2c(=O)n(-c3ccccc3)c(Nc3ccccc3)nc2n1. The van der Waals surface area contributed by atoms with Crippen LogP contribution in [0.5, 0.6) is 0 Å². The molecule has 4 aromatic rings. The average molecular weight is 345 g/mol. The number of fused-ring (bicyclic) bond motifs is 1. The van der Waals surface area contributed by atoms with Crippen molar-refractivity contribution in [1.29, 1.82) is 0 Å². The van der Waals surface area contributed by atoms with Gasteiger partial charge in [0.05, 0.1) is 5.69 Å². The predicted octanol–water partition coefficient (Wildman–Crippen LogP) is 2.08. The van der Waals surface area contributed by atoms with Crippen LogP contribution >= 0.6 is 0 Å². The van der Waals surface area contributed by atoms with Crippen molar-refractivity contribution < 1.29 is 0 Å². The van der Waals surface area contributed by atoms with Gasteiger partial charge in [-0.2, -0.15) is 15.0 Å². The number of nitrogens with two attached hydrogens (primary N) is 2. The number of nitrogen functional groups attached to an aromatic ring is 2. The van der Waals surface area contributed by atoms with Crippen LogP contribution in [-0.2, 0) is 0 Å². The topological polar surface area (TPSA) is 125 Å². The number of benzene rings is 2. The minimum absolute atomic E-state index is 0.000872. The van der Waals surface area contributed by atoms with E-state index in [4.69, 9.17) is 11.5 Å². The fourth-order valence-electron chi connectivity index (χ4n) is 2.68. The molecular weight excluding hydrogens is 330 g/mol. The number of hydrogen-bond donors (Lipinski definition) is 3. The summed E-state index contributed by atoms with van der Waals surface area (Å²) < 4.78 is 1.44. The van der Waals surface area contributed by atoms with Crippen LogP contribution in [-0.4, -0.2) is 19.5 Å². The molecule has 2 aromatic carbocycles. The number of aromatic nitrogens is 4. The monoisotopic (exact) mass is 345 g/mol. The molecule has 0 aliphatic heterocycles. The van der Waals surface area contributed by atoms with Gasteiger partial charge in [-0.3, -0.25) is 4.79 Å². The normalized spacial score (nSPS) is 10.8. The van der Waals surface area contributed by atoms with Gasteiger partial charge in [-0.15, -0.1) is 0 Å². The smallest absolute Gasteiger partial charge is 0.272 e. The van der Waals surface area contributed by atoms with Crippen molar-refractivity contribution in [3.63, 3.8) is 0 Å². The summed E-state index contributed by atoms with van der Waals surface area (Å²) in [5.41, 5.74) is 12.7. The van der Waals surface area contributed by atoms with Crippen LogP contribution in [0.2, 0.25) is 0 Å². The molecule has 0 amide bonds. The third kappa shape index (κ3) is 2.69. The second-order valence-corrected chi connectivity index (χ2v) is 5.57. The first-order valence-electron chi connectivity index (χ1n) is 7.87. The maximum absolute atomic E-state index is 13.2. The Kier molecular flexibility index (Phi) is 3.70. The van der Waals surface area contributed by atoms with E-state index >= 15 is 0 Å². The Morgan fingerprint density at radius 1 is 0.846 bits per heavy atom. The van der Waals surface area contributed by atoms with Gasteiger partial charge in [0.1, 0.15) is 11.2 Å². The Morgan fingerprint density at radius 3 is 2.19 bits per heavy atom. The van der Waals surface area contributed by atoms with E-state index in [-0.39, 0.29) is 28.4 Å². The molecule has 0 saturated heterocycles. The van der Waals surface area contributed by atoms with Crippen molar-refractivity contribution in [1.82, 2.24) is 19.5 Å². The zero-order chi connectivity index (χ0) is 18.1. The third-order valence-corrected chi connectivity index (χ3v) is 3.82. The van der Waals surface area contributed by atoms with Gasteiger partial charge in [0.25, 0.3) is 5.56 Å². The molecule has 0 radical (unpaired) electrons. The van der Waals surface area contributed by atoms with Crippen LogP contribution < -0.4 is 22.3 Å². The van der Waals surface area contributed by atoms with E-state index in [0.717, 1.165) is 5.69 Å². The summed E-state index contributed by atoms with van der Waals surface area (Å²) >= 11 is 0. The predicted molar refractivity (Wildman–Crippen MR) is 101 cm³/mol. The van der Waals surface area contributed by atoms with Gasteiger partial charge in [-0.05, 0) is 24.3 Å². The van der Waals surface area contributed by atoms with E-state index in [1.807, 2.05) is 48.5 Å². The molecule has 128 valence electrons. The van der Waals surface area contributed by atoms with E-state index in [1.54, 1.807) is 12.1 Å². The molecule has 0 fully saturated rings. The fourth-order valence-corrected chi connectivity index (χ4v) is 2.68. The maximum atomic E-state index is 13.2. The second-order valence-electron chi connectivity index (χ2n) is 5.57.